The van der Waals surface area contributed by atoms with Gasteiger partial charge in [0.25, 0.3) is 0 Å². The van der Waals surface area contributed by atoms with Gasteiger partial charge in [-0.1, -0.05) is 12.1 Å². The molecule has 3 heterocycles. The van der Waals surface area contributed by atoms with Gasteiger partial charge in [0.2, 0.25) is 10.0 Å². The molecule has 0 bridgehead atoms. The molecule has 144 valence electrons. The van der Waals surface area contributed by atoms with Crippen LogP contribution in [0.15, 0.2) is 58.1 Å². The molecule has 0 amide bonds. The van der Waals surface area contributed by atoms with Gasteiger partial charge in [-0.25, -0.2) is 12.7 Å². The van der Waals surface area contributed by atoms with Gasteiger partial charge in [0.1, 0.15) is 5.82 Å². The topological polar surface area (TPSA) is 92.5 Å². The van der Waals surface area contributed by atoms with E-state index >= 15 is 0 Å². The molecular weight excluding hydrogens is 396 g/mol. The van der Waals surface area contributed by atoms with Gasteiger partial charge in [0.05, 0.1) is 4.90 Å². The number of sulfonamides is 1. The van der Waals surface area contributed by atoms with Crippen LogP contribution in [0.2, 0.25) is 0 Å². The Morgan fingerprint density at radius 1 is 1.07 bits per heavy atom. The third kappa shape index (κ3) is 3.49. The summed E-state index contributed by atoms with van der Waals surface area (Å²) >= 11 is 1.59. The molecule has 0 aliphatic heterocycles. The lowest BCUT2D eigenvalue weighted by atomic mass is 10.2. The smallest absolute Gasteiger partial charge is 0.242 e. The zero-order valence-electron chi connectivity index (χ0n) is 15.3. The predicted molar refractivity (Wildman–Crippen MR) is 109 cm³/mol. The minimum atomic E-state index is -3.42. The summed E-state index contributed by atoms with van der Waals surface area (Å²) in [7, 11) is -0.389. The van der Waals surface area contributed by atoms with Gasteiger partial charge in [-0.3, -0.25) is 0 Å². The molecule has 4 aromatic rings. The predicted octanol–water partition coefficient (Wildman–Crippen LogP) is 2.72. The Bertz CT molecular complexity index is 1200. The number of thiophene rings is 1. The Hall–Kier alpha value is -2.82. The number of hydrogen-bond donors (Lipinski definition) is 1. The summed E-state index contributed by atoms with van der Waals surface area (Å²) < 4.78 is 27.2. The van der Waals surface area contributed by atoms with Gasteiger partial charge >= 0.3 is 0 Å². The maximum absolute atomic E-state index is 12.1. The van der Waals surface area contributed by atoms with Crippen LogP contribution in [0.4, 0.5) is 5.82 Å². The first-order chi connectivity index (χ1) is 13.4. The molecule has 0 atom stereocenters. The van der Waals surface area contributed by atoms with Crippen LogP contribution >= 0.6 is 11.3 Å². The third-order valence-corrected chi connectivity index (χ3v) is 6.73. The van der Waals surface area contributed by atoms with Crippen LogP contribution in [0, 0.1) is 0 Å². The molecule has 1 aromatic carbocycles. The summed E-state index contributed by atoms with van der Waals surface area (Å²) in [5.74, 6) is 1.37. The van der Waals surface area contributed by atoms with Crippen molar-refractivity contribution in [1.29, 1.82) is 0 Å². The van der Waals surface area contributed by atoms with E-state index in [0.717, 1.165) is 11.1 Å². The number of anilines is 1. The Morgan fingerprint density at radius 3 is 2.54 bits per heavy atom. The normalized spacial score (nSPS) is 12.0. The molecule has 10 heteroatoms. The fourth-order valence-electron chi connectivity index (χ4n) is 2.64. The van der Waals surface area contributed by atoms with Gasteiger partial charge in [-0.05, 0) is 41.3 Å². The van der Waals surface area contributed by atoms with E-state index in [0.29, 0.717) is 23.8 Å². The fraction of sp³-hybridized carbons (Fsp3) is 0.167. The fourth-order valence-corrected chi connectivity index (χ4v) is 4.17. The number of aromatic nitrogens is 4. The molecule has 8 nitrogen and oxygen atoms in total. The minimum Gasteiger partial charge on any atom is -0.365 e. The molecule has 28 heavy (non-hydrogen) atoms. The average molecular weight is 415 g/mol. The van der Waals surface area contributed by atoms with Crippen LogP contribution < -0.4 is 5.32 Å². The van der Waals surface area contributed by atoms with Crippen molar-refractivity contribution in [1.82, 2.24) is 24.1 Å². The summed E-state index contributed by atoms with van der Waals surface area (Å²) in [4.78, 5) is 0.269. The largest absolute Gasteiger partial charge is 0.365 e. The number of fused-ring (bicyclic) bond motifs is 1. The number of nitrogens with one attached hydrogen (secondary N) is 1. The average Bonchev–Trinajstić information content (AvgIpc) is 3.35. The van der Waals surface area contributed by atoms with Gasteiger partial charge in [0.15, 0.2) is 11.5 Å². The second-order valence-corrected chi connectivity index (χ2v) is 9.24. The lowest BCUT2D eigenvalue weighted by molar-refractivity contribution is 0.520. The SMILES string of the molecule is CN(C)S(=O)(=O)c1ccc(CNc2ccc3nnc(-c4ccsc4)n3n2)cc1. The number of rotatable bonds is 6. The Labute approximate surface area is 166 Å². The quantitative estimate of drug-likeness (QED) is 0.522. The zero-order chi connectivity index (χ0) is 19.7. The zero-order valence-corrected chi connectivity index (χ0v) is 16.9. The highest BCUT2D eigenvalue weighted by atomic mass is 32.2. The molecule has 4 rings (SSSR count). The van der Waals surface area contributed by atoms with Crippen molar-refractivity contribution in [3.63, 3.8) is 0 Å². The van der Waals surface area contributed by atoms with Crippen molar-refractivity contribution in [2.45, 2.75) is 11.4 Å². The third-order valence-electron chi connectivity index (χ3n) is 4.22. The maximum atomic E-state index is 12.1. The van der Waals surface area contributed by atoms with Gasteiger partial charge < -0.3 is 5.32 Å². The summed E-state index contributed by atoms with van der Waals surface area (Å²) in [5, 5.41) is 20.2. The molecule has 0 saturated carbocycles. The first kappa shape index (κ1) is 18.5. The highest BCUT2D eigenvalue weighted by molar-refractivity contribution is 7.89. The van der Waals surface area contributed by atoms with E-state index in [2.05, 4.69) is 20.6 Å². The molecule has 0 unspecified atom stereocenters. The van der Waals surface area contributed by atoms with Crippen LogP contribution in [-0.4, -0.2) is 46.6 Å². The van der Waals surface area contributed by atoms with Crippen molar-refractivity contribution in [2.75, 3.05) is 19.4 Å². The van der Waals surface area contributed by atoms with Crippen molar-refractivity contribution in [2.24, 2.45) is 0 Å². The lowest BCUT2D eigenvalue weighted by Crippen LogP contribution is -2.22. The minimum absolute atomic E-state index is 0.269. The van der Waals surface area contributed by atoms with Crippen molar-refractivity contribution < 1.29 is 8.42 Å². The standard InChI is InChI=1S/C18H18N6O2S2/c1-23(2)28(25,26)15-5-3-13(4-6-15)11-19-16-7-8-17-20-21-18(24(17)22-16)14-9-10-27-12-14/h3-10,12H,11H2,1-2H3,(H,19,22). The Kier molecular flexibility index (Phi) is 4.84. The molecule has 3 aromatic heterocycles. The van der Waals surface area contributed by atoms with Crippen molar-refractivity contribution in [3.05, 3.63) is 58.8 Å². The monoisotopic (exact) mass is 414 g/mol. The maximum Gasteiger partial charge on any atom is 0.242 e. The van der Waals surface area contributed by atoms with Crippen LogP contribution in [0.25, 0.3) is 17.0 Å². The van der Waals surface area contributed by atoms with E-state index in [9.17, 15) is 8.42 Å². The molecule has 0 aliphatic carbocycles. The second-order valence-electron chi connectivity index (χ2n) is 6.31. The molecular formula is C18H18N6O2S2. The van der Waals surface area contributed by atoms with Crippen molar-refractivity contribution in [3.8, 4) is 11.4 Å². The molecule has 0 radical (unpaired) electrons. The van der Waals surface area contributed by atoms with Gasteiger partial charge in [-0.2, -0.15) is 15.9 Å². The highest BCUT2D eigenvalue weighted by Crippen LogP contribution is 2.21. The van der Waals surface area contributed by atoms with E-state index in [1.165, 1.54) is 18.4 Å². The van der Waals surface area contributed by atoms with E-state index in [1.807, 2.05) is 29.0 Å². The Balaban J connectivity index is 1.52. The first-order valence-electron chi connectivity index (χ1n) is 8.45. The van der Waals surface area contributed by atoms with Crippen LogP contribution in [0.3, 0.4) is 0 Å². The summed E-state index contributed by atoms with van der Waals surface area (Å²) in [6.07, 6.45) is 0. The number of hydrogen-bond acceptors (Lipinski definition) is 7. The van der Waals surface area contributed by atoms with Crippen LogP contribution in [-0.2, 0) is 16.6 Å². The summed E-state index contributed by atoms with van der Waals surface area (Å²) in [5.41, 5.74) is 2.59. The van der Waals surface area contributed by atoms with E-state index in [-0.39, 0.29) is 4.90 Å². The van der Waals surface area contributed by atoms with Gasteiger partial charge in [0, 0.05) is 31.6 Å². The Morgan fingerprint density at radius 2 is 1.86 bits per heavy atom. The molecule has 0 fully saturated rings. The lowest BCUT2D eigenvalue weighted by Gasteiger charge is -2.12. The highest BCUT2D eigenvalue weighted by Gasteiger charge is 2.16. The number of nitrogens with zero attached hydrogens (tertiary/aromatic N) is 5. The van der Waals surface area contributed by atoms with Crippen molar-refractivity contribution >= 4 is 32.8 Å². The summed E-state index contributed by atoms with van der Waals surface area (Å²) in [6.45, 7) is 0.511. The van der Waals surface area contributed by atoms with Crippen LogP contribution in [0.5, 0.6) is 0 Å². The summed E-state index contributed by atoms with van der Waals surface area (Å²) in [6, 6.07) is 12.5. The molecule has 0 aliphatic rings. The van der Waals surface area contributed by atoms with Crippen LogP contribution in [0.1, 0.15) is 5.56 Å². The molecule has 0 spiro atoms. The van der Waals surface area contributed by atoms with Gasteiger partial charge in [-0.15, -0.1) is 15.3 Å². The van der Waals surface area contributed by atoms with E-state index in [4.69, 9.17) is 0 Å². The van der Waals surface area contributed by atoms with E-state index in [1.54, 1.807) is 40.1 Å². The molecule has 0 saturated heterocycles. The number of benzene rings is 1. The van der Waals surface area contributed by atoms with E-state index < -0.39 is 10.0 Å². The second kappa shape index (κ2) is 7.30. The molecule has 1 N–H and O–H groups in total. The first-order valence-corrected chi connectivity index (χ1v) is 10.8.